The van der Waals surface area contributed by atoms with Gasteiger partial charge in [-0.05, 0) is 69.3 Å². The van der Waals surface area contributed by atoms with Crippen LogP contribution in [0.2, 0.25) is 5.02 Å². The molecule has 4 rings (SSSR count). The molecular formula is C23H25ClN4O3. The van der Waals surface area contributed by atoms with Gasteiger partial charge in [0.05, 0.1) is 13.2 Å². The highest BCUT2D eigenvalue weighted by molar-refractivity contribution is 6.30. The van der Waals surface area contributed by atoms with Crippen LogP contribution in [0.3, 0.4) is 0 Å². The third kappa shape index (κ3) is 5.62. The number of halogens is 1. The summed E-state index contributed by atoms with van der Waals surface area (Å²) < 4.78 is 10.9. The number of likely N-dealkylation sites (tertiary alicyclic amines) is 1. The highest BCUT2D eigenvalue weighted by Gasteiger charge is 2.26. The van der Waals surface area contributed by atoms with Gasteiger partial charge in [0.2, 0.25) is 17.6 Å². The molecule has 7 nitrogen and oxygen atoms in total. The molecule has 1 N–H and O–H groups in total. The van der Waals surface area contributed by atoms with E-state index in [1.54, 1.807) is 12.1 Å². The Morgan fingerprint density at radius 3 is 2.74 bits per heavy atom. The molecule has 2 aromatic carbocycles. The van der Waals surface area contributed by atoms with E-state index in [1.807, 2.05) is 43.3 Å². The molecule has 8 heteroatoms. The number of nitrogens with zero attached hydrogens (tertiary/aromatic N) is 3. The third-order valence-electron chi connectivity index (χ3n) is 5.30. The standard InChI is InChI=1S/C23H25ClN4O3/c1-2-30-20-5-3-4-19(14-20)25-23(29)17-10-12-28(13-11-17)15-21-26-22(27-31-21)16-6-8-18(24)9-7-16/h3-9,14,17H,2,10-13,15H2,1H3,(H,25,29). The molecule has 1 aliphatic rings. The van der Waals surface area contributed by atoms with E-state index in [1.165, 1.54) is 0 Å². The maximum atomic E-state index is 12.7. The lowest BCUT2D eigenvalue weighted by Gasteiger charge is -2.30. The molecule has 0 atom stereocenters. The number of aromatic nitrogens is 2. The first-order valence-corrected chi connectivity index (χ1v) is 10.8. The fourth-order valence-electron chi connectivity index (χ4n) is 3.65. The molecule has 1 fully saturated rings. The zero-order valence-electron chi connectivity index (χ0n) is 17.4. The van der Waals surface area contributed by atoms with Gasteiger partial charge in [0.25, 0.3) is 0 Å². The number of rotatable bonds is 7. The van der Waals surface area contributed by atoms with E-state index in [4.69, 9.17) is 20.9 Å². The molecule has 162 valence electrons. The molecule has 0 unspecified atom stereocenters. The van der Waals surface area contributed by atoms with Crippen molar-refractivity contribution in [3.8, 4) is 17.1 Å². The Morgan fingerprint density at radius 1 is 1.23 bits per heavy atom. The van der Waals surface area contributed by atoms with Crippen molar-refractivity contribution in [3.63, 3.8) is 0 Å². The summed E-state index contributed by atoms with van der Waals surface area (Å²) in [6, 6.07) is 14.8. The maximum Gasteiger partial charge on any atom is 0.241 e. The Bertz CT molecular complexity index is 1010. The van der Waals surface area contributed by atoms with Crippen LogP contribution in [0.25, 0.3) is 11.4 Å². The third-order valence-corrected chi connectivity index (χ3v) is 5.55. The van der Waals surface area contributed by atoms with Crippen LogP contribution in [0.5, 0.6) is 5.75 Å². The molecule has 0 bridgehead atoms. The molecule has 2 heterocycles. The van der Waals surface area contributed by atoms with Crippen LogP contribution in [0, 0.1) is 5.92 Å². The van der Waals surface area contributed by atoms with Crippen molar-refractivity contribution in [2.75, 3.05) is 25.0 Å². The minimum Gasteiger partial charge on any atom is -0.494 e. The first-order chi connectivity index (χ1) is 15.1. The minimum absolute atomic E-state index is 0.0145. The van der Waals surface area contributed by atoms with Crippen molar-refractivity contribution in [3.05, 3.63) is 59.4 Å². The van der Waals surface area contributed by atoms with E-state index in [0.717, 1.165) is 42.9 Å². The number of hydrogen-bond acceptors (Lipinski definition) is 6. The Balaban J connectivity index is 1.27. The van der Waals surface area contributed by atoms with Crippen LogP contribution >= 0.6 is 11.6 Å². The van der Waals surface area contributed by atoms with E-state index in [0.29, 0.717) is 29.9 Å². The Kier molecular flexibility index (Phi) is 6.84. The van der Waals surface area contributed by atoms with E-state index in [2.05, 4.69) is 20.4 Å². The Labute approximate surface area is 186 Å². The minimum atomic E-state index is -0.0145. The Hall–Kier alpha value is -2.90. The predicted molar refractivity (Wildman–Crippen MR) is 119 cm³/mol. The summed E-state index contributed by atoms with van der Waals surface area (Å²) in [4.78, 5) is 19.4. The van der Waals surface area contributed by atoms with Gasteiger partial charge in [0.1, 0.15) is 5.75 Å². The number of amides is 1. The van der Waals surface area contributed by atoms with Gasteiger partial charge in [0.15, 0.2) is 0 Å². The zero-order valence-corrected chi connectivity index (χ0v) is 18.1. The second-order valence-corrected chi connectivity index (χ2v) is 7.96. The van der Waals surface area contributed by atoms with Crippen molar-refractivity contribution in [2.24, 2.45) is 5.92 Å². The van der Waals surface area contributed by atoms with Crippen molar-refractivity contribution in [1.29, 1.82) is 0 Å². The van der Waals surface area contributed by atoms with E-state index in [-0.39, 0.29) is 11.8 Å². The average molecular weight is 441 g/mol. The summed E-state index contributed by atoms with van der Waals surface area (Å²) in [6.45, 7) is 4.71. The number of carbonyl (C=O) groups excluding carboxylic acids is 1. The van der Waals surface area contributed by atoms with Crippen LogP contribution in [0.15, 0.2) is 53.1 Å². The molecule has 3 aromatic rings. The fourth-order valence-corrected chi connectivity index (χ4v) is 3.78. The summed E-state index contributed by atoms with van der Waals surface area (Å²) in [5.41, 5.74) is 1.63. The molecular weight excluding hydrogens is 416 g/mol. The summed E-state index contributed by atoms with van der Waals surface area (Å²) in [5.74, 6) is 1.92. The summed E-state index contributed by atoms with van der Waals surface area (Å²) in [6.07, 6.45) is 1.57. The molecule has 1 aliphatic heterocycles. The molecule has 0 radical (unpaired) electrons. The van der Waals surface area contributed by atoms with Gasteiger partial charge in [0, 0.05) is 28.3 Å². The van der Waals surface area contributed by atoms with Gasteiger partial charge in [-0.3, -0.25) is 9.69 Å². The van der Waals surface area contributed by atoms with Crippen LogP contribution in [0.1, 0.15) is 25.7 Å². The quantitative estimate of drug-likeness (QED) is 0.576. The van der Waals surface area contributed by atoms with E-state index >= 15 is 0 Å². The topological polar surface area (TPSA) is 80.5 Å². The first-order valence-electron chi connectivity index (χ1n) is 10.5. The van der Waals surface area contributed by atoms with Crippen molar-refractivity contribution in [2.45, 2.75) is 26.3 Å². The lowest BCUT2D eigenvalue weighted by Crippen LogP contribution is -2.37. The largest absolute Gasteiger partial charge is 0.494 e. The predicted octanol–water partition coefficient (Wildman–Crippen LogP) is 4.64. The SMILES string of the molecule is CCOc1cccc(NC(=O)C2CCN(Cc3nc(-c4ccc(Cl)cc4)no3)CC2)c1. The molecule has 31 heavy (non-hydrogen) atoms. The normalized spacial score (nSPS) is 15.0. The van der Waals surface area contributed by atoms with Gasteiger partial charge in [-0.2, -0.15) is 4.98 Å². The van der Waals surface area contributed by atoms with Crippen molar-refractivity contribution >= 4 is 23.2 Å². The lowest BCUT2D eigenvalue weighted by atomic mass is 9.96. The van der Waals surface area contributed by atoms with Gasteiger partial charge in [-0.1, -0.05) is 22.8 Å². The van der Waals surface area contributed by atoms with Crippen LogP contribution in [-0.2, 0) is 11.3 Å². The van der Waals surface area contributed by atoms with E-state index < -0.39 is 0 Å². The molecule has 1 saturated heterocycles. The van der Waals surface area contributed by atoms with Gasteiger partial charge in [-0.15, -0.1) is 0 Å². The fraction of sp³-hybridized carbons (Fsp3) is 0.348. The van der Waals surface area contributed by atoms with Crippen LogP contribution < -0.4 is 10.1 Å². The summed E-state index contributed by atoms with van der Waals surface area (Å²) >= 11 is 5.93. The van der Waals surface area contributed by atoms with E-state index in [9.17, 15) is 4.79 Å². The molecule has 1 amide bonds. The monoisotopic (exact) mass is 440 g/mol. The molecule has 0 aliphatic carbocycles. The molecule has 0 saturated carbocycles. The first kappa shape index (κ1) is 21.3. The van der Waals surface area contributed by atoms with Gasteiger partial charge < -0.3 is 14.6 Å². The summed E-state index contributed by atoms with van der Waals surface area (Å²) in [7, 11) is 0. The smallest absolute Gasteiger partial charge is 0.241 e. The number of anilines is 1. The highest BCUT2D eigenvalue weighted by atomic mass is 35.5. The maximum absolute atomic E-state index is 12.7. The zero-order chi connectivity index (χ0) is 21.6. The number of piperidine rings is 1. The number of nitrogens with one attached hydrogen (secondary N) is 1. The van der Waals surface area contributed by atoms with Crippen molar-refractivity contribution in [1.82, 2.24) is 15.0 Å². The van der Waals surface area contributed by atoms with Gasteiger partial charge >= 0.3 is 0 Å². The molecule has 0 spiro atoms. The van der Waals surface area contributed by atoms with Gasteiger partial charge in [-0.25, -0.2) is 0 Å². The number of hydrogen-bond donors (Lipinski definition) is 1. The number of ether oxygens (including phenoxy) is 1. The number of benzene rings is 2. The summed E-state index contributed by atoms with van der Waals surface area (Å²) in [5, 5.41) is 7.74. The lowest BCUT2D eigenvalue weighted by molar-refractivity contribution is -0.121. The van der Waals surface area contributed by atoms with Crippen LogP contribution in [-0.4, -0.2) is 40.6 Å². The second kappa shape index (κ2) is 9.94. The Morgan fingerprint density at radius 2 is 2.00 bits per heavy atom. The average Bonchev–Trinajstić information content (AvgIpc) is 3.24. The number of carbonyl (C=O) groups is 1. The highest BCUT2D eigenvalue weighted by Crippen LogP contribution is 2.24. The molecule has 1 aromatic heterocycles. The van der Waals surface area contributed by atoms with Crippen molar-refractivity contribution < 1.29 is 14.1 Å². The van der Waals surface area contributed by atoms with Crippen LogP contribution in [0.4, 0.5) is 5.69 Å². The second-order valence-electron chi connectivity index (χ2n) is 7.52.